The van der Waals surface area contributed by atoms with Gasteiger partial charge in [-0.1, -0.05) is 11.6 Å². The average molecular weight is 496 g/mol. The Balaban J connectivity index is 2.50. The van der Waals surface area contributed by atoms with Gasteiger partial charge in [0.25, 0.3) is 5.91 Å². The van der Waals surface area contributed by atoms with Crippen molar-refractivity contribution in [2.24, 2.45) is 5.41 Å². The van der Waals surface area contributed by atoms with Gasteiger partial charge in [0.1, 0.15) is 11.8 Å². The molecule has 0 fully saturated rings. The Morgan fingerprint density at radius 1 is 1.18 bits per heavy atom. The van der Waals surface area contributed by atoms with Crippen LogP contribution in [0.5, 0.6) is 5.75 Å². The maximum atomic E-state index is 12.7. The fourth-order valence-electron chi connectivity index (χ4n) is 2.64. The number of anilines is 2. The Labute approximate surface area is 199 Å². The summed E-state index contributed by atoms with van der Waals surface area (Å²) in [6.45, 7) is 8.04. The van der Waals surface area contributed by atoms with Crippen LogP contribution in [0, 0.1) is 12.3 Å². The molecule has 0 spiro atoms. The molecule has 11 heteroatoms. The van der Waals surface area contributed by atoms with Crippen molar-refractivity contribution in [1.29, 1.82) is 0 Å². The fraction of sp³-hybridized carbons (Fsp3) is 0.318. The van der Waals surface area contributed by atoms with E-state index in [2.05, 4.69) is 5.32 Å². The lowest BCUT2D eigenvalue weighted by atomic mass is 9.97. The van der Waals surface area contributed by atoms with Crippen molar-refractivity contribution in [1.82, 2.24) is 5.32 Å². The second-order valence-corrected chi connectivity index (χ2v) is 9.53. The van der Waals surface area contributed by atoms with Crippen LogP contribution in [0.25, 0.3) is 0 Å². The number of aryl methyl sites for hydroxylation is 1. The molecule has 0 saturated carbocycles. The van der Waals surface area contributed by atoms with Crippen molar-refractivity contribution in [2.45, 2.75) is 40.7 Å². The van der Waals surface area contributed by atoms with Crippen molar-refractivity contribution in [2.75, 3.05) is 4.31 Å². The summed E-state index contributed by atoms with van der Waals surface area (Å²) in [7, 11) is 0. The standard InChI is InChI=1S/C22H25ClN2O7S/c1-12-10-15(7-9-18(12)32-21(29)22(3,4)5)25(33(30)31)17-8-6-14(23)11-16(17)19(26)24-13(2)20(27)28/h6-11,13H,1-5H3,(H,24,26)(H,27,28)(H,30,31)/p-1/t13-/m0/s1. The molecule has 2 aromatic carbocycles. The van der Waals surface area contributed by atoms with Gasteiger partial charge in [0, 0.05) is 5.02 Å². The monoisotopic (exact) mass is 495 g/mol. The first-order valence-electron chi connectivity index (χ1n) is 9.78. The van der Waals surface area contributed by atoms with Crippen LogP contribution in [0.15, 0.2) is 36.4 Å². The average Bonchev–Trinajstić information content (AvgIpc) is 2.69. The van der Waals surface area contributed by atoms with Crippen LogP contribution < -0.4 is 14.4 Å². The van der Waals surface area contributed by atoms with E-state index in [0.717, 1.165) is 4.31 Å². The topological polar surface area (TPSA) is 136 Å². The molecule has 9 nitrogen and oxygen atoms in total. The second-order valence-electron chi connectivity index (χ2n) is 8.30. The molecular formula is C22H24ClN2O7S-. The lowest BCUT2D eigenvalue weighted by molar-refractivity contribution is -0.143. The Hall–Kier alpha value is -2.95. The van der Waals surface area contributed by atoms with Gasteiger partial charge in [-0.25, -0.2) is 0 Å². The van der Waals surface area contributed by atoms with Crippen LogP contribution in [0.4, 0.5) is 11.4 Å². The third-order valence-corrected chi connectivity index (χ3v) is 5.44. The van der Waals surface area contributed by atoms with Crippen LogP contribution in [-0.4, -0.2) is 37.8 Å². The molecule has 33 heavy (non-hydrogen) atoms. The van der Waals surface area contributed by atoms with Crippen LogP contribution in [0.1, 0.15) is 43.6 Å². The number of amides is 1. The molecule has 0 radical (unpaired) electrons. The van der Waals surface area contributed by atoms with Crippen molar-refractivity contribution in [3.05, 3.63) is 52.5 Å². The molecular weight excluding hydrogens is 472 g/mol. The van der Waals surface area contributed by atoms with Gasteiger partial charge in [-0.3, -0.25) is 22.9 Å². The van der Waals surface area contributed by atoms with Crippen molar-refractivity contribution >= 4 is 52.1 Å². The molecule has 2 rings (SSSR count). The van der Waals surface area contributed by atoms with Crippen LogP contribution in [0.3, 0.4) is 0 Å². The molecule has 0 bridgehead atoms. The van der Waals surface area contributed by atoms with Gasteiger partial charge in [-0.15, -0.1) is 0 Å². The number of carbonyl (C=O) groups is 3. The summed E-state index contributed by atoms with van der Waals surface area (Å²) < 4.78 is 30.6. The summed E-state index contributed by atoms with van der Waals surface area (Å²) in [6.07, 6.45) is 0. The normalized spacial score (nSPS) is 13.1. The number of carboxylic acids is 1. The van der Waals surface area contributed by atoms with Crippen LogP contribution >= 0.6 is 11.6 Å². The molecule has 2 aromatic rings. The minimum atomic E-state index is -2.86. The quantitative estimate of drug-likeness (QED) is 0.339. The molecule has 0 aliphatic heterocycles. The molecule has 0 aliphatic rings. The largest absolute Gasteiger partial charge is 0.755 e. The molecule has 0 aliphatic carbocycles. The number of nitrogens with zero attached hydrogens (tertiary/aromatic N) is 1. The predicted octanol–water partition coefficient (Wildman–Crippen LogP) is 3.74. The zero-order chi connectivity index (χ0) is 25.1. The van der Waals surface area contributed by atoms with Gasteiger partial charge in [-0.05, 0) is 76.6 Å². The second kappa shape index (κ2) is 10.3. The highest BCUT2D eigenvalue weighted by molar-refractivity contribution is 7.81. The van der Waals surface area contributed by atoms with Crippen molar-refractivity contribution in [3.63, 3.8) is 0 Å². The van der Waals surface area contributed by atoms with Gasteiger partial charge in [-0.2, -0.15) is 0 Å². The SMILES string of the molecule is Cc1cc(N(c2ccc(Cl)cc2C(=O)N[C@@H](C)C(=O)O)S(=O)[O-])ccc1OC(=O)C(C)(C)C. The number of carbonyl (C=O) groups excluding carboxylic acids is 2. The third kappa shape index (κ3) is 6.53. The van der Waals surface area contributed by atoms with Gasteiger partial charge in [0.2, 0.25) is 0 Å². The molecule has 2 atom stereocenters. The highest BCUT2D eigenvalue weighted by atomic mass is 35.5. The fourth-order valence-corrected chi connectivity index (χ4v) is 3.41. The number of ether oxygens (including phenoxy) is 1. The maximum absolute atomic E-state index is 12.7. The zero-order valence-electron chi connectivity index (χ0n) is 18.7. The van der Waals surface area contributed by atoms with Crippen molar-refractivity contribution < 1.29 is 33.0 Å². The Kier molecular flexibility index (Phi) is 8.23. The highest BCUT2D eigenvalue weighted by Crippen LogP contribution is 2.34. The van der Waals surface area contributed by atoms with Crippen molar-refractivity contribution in [3.8, 4) is 5.75 Å². The van der Waals surface area contributed by atoms with E-state index in [9.17, 15) is 23.1 Å². The van der Waals surface area contributed by atoms with E-state index in [1.165, 1.54) is 43.3 Å². The number of aliphatic carboxylic acids is 1. The first-order valence-corrected chi connectivity index (χ1v) is 11.2. The summed E-state index contributed by atoms with van der Waals surface area (Å²) in [5.74, 6) is -2.26. The number of carboxylic acid groups (broad SMARTS) is 1. The Morgan fingerprint density at radius 2 is 1.82 bits per heavy atom. The number of nitrogens with one attached hydrogen (secondary N) is 1. The Morgan fingerprint density at radius 3 is 2.33 bits per heavy atom. The molecule has 0 heterocycles. The van der Waals surface area contributed by atoms with Gasteiger partial charge in [0.15, 0.2) is 0 Å². The lowest BCUT2D eigenvalue weighted by Gasteiger charge is -2.29. The number of rotatable bonds is 7. The van der Waals surface area contributed by atoms with Crippen LogP contribution in [0.2, 0.25) is 5.02 Å². The smallest absolute Gasteiger partial charge is 0.325 e. The number of hydrogen-bond donors (Lipinski definition) is 2. The minimum Gasteiger partial charge on any atom is -0.755 e. The van der Waals surface area contributed by atoms with Gasteiger partial charge >= 0.3 is 11.9 Å². The van der Waals surface area contributed by atoms with Crippen LogP contribution in [-0.2, 0) is 20.9 Å². The highest BCUT2D eigenvalue weighted by Gasteiger charge is 2.26. The van der Waals surface area contributed by atoms with E-state index in [4.69, 9.17) is 21.4 Å². The summed E-state index contributed by atoms with van der Waals surface area (Å²) in [6, 6.07) is 7.13. The summed E-state index contributed by atoms with van der Waals surface area (Å²) in [5.41, 5.74) is -0.256. The van der Waals surface area contributed by atoms with E-state index in [-0.39, 0.29) is 27.7 Å². The van der Waals surface area contributed by atoms with E-state index in [0.29, 0.717) is 5.56 Å². The zero-order valence-corrected chi connectivity index (χ0v) is 20.2. The number of esters is 1. The summed E-state index contributed by atoms with van der Waals surface area (Å²) in [5, 5.41) is 11.5. The molecule has 178 valence electrons. The van der Waals surface area contributed by atoms with Gasteiger partial charge in [0.05, 0.1) is 33.6 Å². The first-order chi connectivity index (χ1) is 15.2. The number of hydrogen-bond acceptors (Lipinski definition) is 6. The lowest BCUT2D eigenvalue weighted by Crippen LogP contribution is -2.39. The number of halogens is 1. The van der Waals surface area contributed by atoms with E-state index >= 15 is 0 Å². The first kappa shape index (κ1) is 26.3. The molecule has 0 aromatic heterocycles. The predicted molar refractivity (Wildman–Crippen MR) is 123 cm³/mol. The van der Waals surface area contributed by atoms with E-state index < -0.39 is 40.6 Å². The van der Waals surface area contributed by atoms with Gasteiger partial charge < -0.3 is 19.7 Å². The minimum absolute atomic E-state index is 0.0401. The molecule has 0 saturated heterocycles. The summed E-state index contributed by atoms with van der Waals surface area (Å²) >= 11 is 3.14. The molecule has 1 unspecified atom stereocenters. The third-order valence-electron chi connectivity index (χ3n) is 4.50. The number of benzene rings is 2. The van der Waals surface area contributed by atoms with E-state index in [1.54, 1.807) is 27.7 Å². The molecule has 2 N–H and O–H groups in total. The summed E-state index contributed by atoms with van der Waals surface area (Å²) in [4.78, 5) is 36.0. The maximum Gasteiger partial charge on any atom is 0.325 e. The molecule has 1 amide bonds. The van der Waals surface area contributed by atoms with E-state index in [1.807, 2.05) is 0 Å². The Bertz CT molecular complexity index is 1110.